The summed E-state index contributed by atoms with van der Waals surface area (Å²) in [4.78, 5) is 15.6. The van der Waals surface area contributed by atoms with Crippen molar-refractivity contribution in [2.24, 2.45) is 0 Å². The van der Waals surface area contributed by atoms with Crippen LogP contribution < -0.4 is 5.32 Å². The van der Waals surface area contributed by atoms with Gasteiger partial charge in [-0.3, -0.25) is 9.88 Å². The molecule has 1 saturated heterocycles. The zero-order valence-electron chi connectivity index (χ0n) is 21.5. The Kier molecular flexibility index (Phi) is 7.40. The van der Waals surface area contributed by atoms with Gasteiger partial charge in [-0.05, 0) is 50.2 Å². The van der Waals surface area contributed by atoms with Crippen molar-refractivity contribution in [2.45, 2.75) is 45.0 Å². The fourth-order valence-corrected chi connectivity index (χ4v) is 4.83. The van der Waals surface area contributed by atoms with Crippen molar-refractivity contribution in [3.05, 3.63) is 77.7 Å². The summed E-state index contributed by atoms with van der Waals surface area (Å²) in [7, 11) is 0. The van der Waals surface area contributed by atoms with Gasteiger partial charge in [-0.2, -0.15) is 26.3 Å². The number of rotatable bonds is 5. The van der Waals surface area contributed by atoms with Crippen molar-refractivity contribution in [1.29, 1.82) is 0 Å². The monoisotopic (exact) mass is 561 g/mol. The molecule has 40 heavy (non-hydrogen) atoms. The molecule has 1 aliphatic rings. The summed E-state index contributed by atoms with van der Waals surface area (Å²) in [5.41, 5.74) is -0.939. The molecule has 1 aliphatic heterocycles. The van der Waals surface area contributed by atoms with E-state index in [0.717, 1.165) is 18.2 Å². The van der Waals surface area contributed by atoms with Crippen LogP contribution in [0, 0.1) is 0 Å². The summed E-state index contributed by atoms with van der Waals surface area (Å²) in [6.07, 6.45) is -7.71. The Morgan fingerprint density at radius 2 is 1.57 bits per heavy atom. The van der Waals surface area contributed by atoms with Crippen molar-refractivity contribution >= 4 is 22.4 Å². The quantitative estimate of drug-likeness (QED) is 0.263. The van der Waals surface area contributed by atoms with Crippen molar-refractivity contribution in [3.63, 3.8) is 0 Å². The van der Waals surface area contributed by atoms with E-state index in [4.69, 9.17) is 4.74 Å². The molecule has 6 nitrogen and oxygen atoms in total. The van der Waals surface area contributed by atoms with Crippen LogP contribution in [0.4, 0.5) is 37.8 Å². The summed E-state index contributed by atoms with van der Waals surface area (Å²) in [5.74, 6) is 0.668. The van der Waals surface area contributed by atoms with Gasteiger partial charge >= 0.3 is 12.4 Å². The van der Waals surface area contributed by atoms with Crippen molar-refractivity contribution < 1.29 is 31.1 Å². The van der Waals surface area contributed by atoms with Gasteiger partial charge in [0.2, 0.25) is 0 Å². The molecule has 5 rings (SSSR count). The maximum absolute atomic E-state index is 13.7. The average molecular weight is 562 g/mol. The Morgan fingerprint density at radius 1 is 0.900 bits per heavy atom. The number of nitrogens with one attached hydrogen (secondary N) is 1. The highest BCUT2D eigenvalue weighted by molar-refractivity contribution is 5.92. The molecule has 1 N–H and O–H groups in total. The lowest BCUT2D eigenvalue weighted by Gasteiger charge is -2.34. The van der Waals surface area contributed by atoms with Crippen molar-refractivity contribution in [3.8, 4) is 11.3 Å². The summed E-state index contributed by atoms with van der Waals surface area (Å²) in [6.45, 7) is 5.52. The molecule has 0 saturated carbocycles. The van der Waals surface area contributed by atoms with Gasteiger partial charge < -0.3 is 10.1 Å². The van der Waals surface area contributed by atoms with E-state index in [1.165, 1.54) is 42.6 Å². The average Bonchev–Trinajstić information content (AvgIpc) is 2.87. The van der Waals surface area contributed by atoms with E-state index in [0.29, 0.717) is 42.0 Å². The highest BCUT2D eigenvalue weighted by atomic mass is 19.4. The van der Waals surface area contributed by atoms with E-state index in [2.05, 4.69) is 25.2 Å². The fourth-order valence-electron chi connectivity index (χ4n) is 4.83. The first-order valence-corrected chi connectivity index (χ1v) is 12.5. The van der Waals surface area contributed by atoms with Crippen molar-refractivity contribution in [1.82, 2.24) is 19.9 Å². The van der Waals surface area contributed by atoms with Gasteiger partial charge in [-0.1, -0.05) is 18.2 Å². The SMILES string of the molecule is CC1CN(Cc2nc(Nc3ccc(C(F)(F)F)cc3)c3cnc(-c4ccccc4C(F)(F)F)cc3n2)CC(C)O1. The topological polar surface area (TPSA) is 63.2 Å². The third-order valence-corrected chi connectivity index (χ3v) is 6.47. The smallest absolute Gasteiger partial charge is 0.373 e. The first kappa shape index (κ1) is 27.8. The van der Waals surface area contributed by atoms with Crippen LogP contribution in [0.15, 0.2) is 60.8 Å². The van der Waals surface area contributed by atoms with Gasteiger partial charge in [-0.15, -0.1) is 0 Å². The predicted octanol–water partition coefficient (Wildman–Crippen LogP) is 7.08. The van der Waals surface area contributed by atoms with Crippen LogP contribution in [0.2, 0.25) is 0 Å². The zero-order chi connectivity index (χ0) is 28.7. The van der Waals surface area contributed by atoms with Gasteiger partial charge in [0.05, 0.1) is 46.5 Å². The largest absolute Gasteiger partial charge is 0.417 e. The molecule has 0 bridgehead atoms. The normalized spacial score (nSPS) is 18.7. The summed E-state index contributed by atoms with van der Waals surface area (Å²) in [5, 5.41) is 3.44. The van der Waals surface area contributed by atoms with Crippen LogP contribution in [0.3, 0.4) is 0 Å². The first-order chi connectivity index (χ1) is 18.9. The number of hydrogen-bond acceptors (Lipinski definition) is 6. The molecule has 0 aliphatic carbocycles. The minimum atomic E-state index is -4.58. The molecule has 2 unspecified atom stereocenters. The number of ether oxygens (including phenoxy) is 1. The fraction of sp³-hybridized carbons (Fsp3) is 0.321. The molecule has 3 heterocycles. The van der Waals surface area contributed by atoms with Gasteiger partial charge in [0.1, 0.15) is 11.6 Å². The second-order valence-electron chi connectivity index (χ2n) is 9.77. The van der Waals surface area contributed by atoms with Gasteiger partial charge in [0.25, 0.3) is 0 Å². The third-order valence-electron chi connectivity index (χ3n) is 6.47. The second kappa shape index (κ2) is 10.7. The number of fused-ring (bicyclic) bond motifs is 1. The van der Waals surface area contributed by atoms with Crippen LogP contribution >= 0.6 is 0 Å². The maximum Gasteiger partial charge on any atom is 0.417 e. The molecule has 4 aromatic rings. The molecule has 0 radical (unpaired) electrons. The van der Waals surface area contributed by atoms with E-state index < -0.39 is 23.5 Å². The van der Waals surface area contributed by atoms with E-state index in [-0.39, 0.29) is 29.3 Å². The lowest BCUT2D eigenvalue weighted by Crippen LogP contribution is -2.45. The number of benzene rings is 2. The molecule has 210 valence electrons. The highest BCUT2D eigenvalue weighted by Crippen LogP contribution is 2.37. The lowest BCUT2D eigenvalue weighted by molar-refractivity contribution is -0.138. The van der Waals surface area contributed by atoms with Crippen LogP contribution in [0.5, 0.6) is 0 Å². The molecular weight excluding hydrogens is 536 g/mol. The number of hydrogen-bond donors (Lipinski definition) is 1. The number of pyridine rings is 1. The summed E-state index contributed by atoms with van der Waals surface area (Å²) >= 11 is 0. The van der Waals surface area contributed by atoms with Gasteiger partial charge in [0, 0.05) is 30.5 Å². The Bertz CT molecular complexity index is 1500. The molecule has 12 heteroatoms. The predicted molar refractivity (Wildman–Crippen MR) is 138 cm³/mol. The Morgan fingerprint density at radius 3 is 2.23 bits per heavy atom. The Labute approximate surface area is 226 Å². The third kappa shape index (κ3) is 6.18. The van der Waals surface area contributed by atoms with Crippen LogP contribution in [-0.2, 0) is 23.6 Å². The van der Waals surface area contributed by atoms with E-state index >= 15 is 0 Å². The molecule has 0 spiro atoms. The van der Waals surface area contributed by atoms with Crippen LogP contribution in [0.25, 0.3) is 22.2 Å². The Balaban J connectivity index is 1.57. The molecule has 2 aromatic heterocycles. The molecule has 0 amide bonds. The minimum Gasteiger partial charge on any atom is -0.373 e. The maximum atomic E-state index is 13.7. The molecular formula is C28H25F6N5O. The Hall–Kier alpha value is -3.77. The van der Waals surface area contributed by atoms with Crippen LogP contribution in [0.1, 0.15) is 30.8 Å². The number of alkyl halides is 6. The van der Waals surface area contributed by atoms with E-state index in [1.807, 2.05) is 13.8 Å². The first-order valence-electron chi connectivity index (χ1n) is 12.5. The number of nitrogens with zero attached hydrogens (tertiary/aromatic N) is 4. The second-order valence-corrected chi connectivity index (χ2v) is 9.77. The van der Waals surface area contributed by atoms with E-state index in [1.54, 1.807) is 0 Å². The molecule has 2 atom stereocenters. The van der Waals surface area contributed by atoms with Crippen molar-refractivity contribution in [2.75, 3.05) is 18.4 Å². The molecule has 1 fully saturated rings. The number of morpholine rings is 1. The van der Waals surface area contributed by atoms with E-state index in [9.17, 15) is 26.3 Å². The van der Waals surface area contributed by atoms with Gasteiger partial charge in [-0.25, -0.2) is 9.97 Å². The lowest BCUT2D eigenvalue weighted by atomic mass is 10.0. The highest BCUT2D eigenvalue weighted by Gasteiger charge is 2.34. The summed E-state index contributed by atoms with van der Waals surface area (Å²) < 4.78 is 86.0. The number of anilines is 2. The van der Waals surface area contributed by atoms with Crippen LogP contribution in [-0.4, -0.2) is 45.1 Å². The number of halogens is 6. The van der Waals surface area contributed by atoms with Gasteiger partial charge in [0.15, 0.2) is 0 Å². The minimum absolute atomic E-state index is 0.0105. The summed E-state index contributed by atoms with van der Waals surface area (Å²) in [6, 6.07) is 11.1. The zero-order valence-corrected chi connectivity index (χ0v) is 21.5. The standard InChI is InChI=1S/C28H25F6N5O/c1-16-13-39(14-17(2)40-16)15-25-37-24-11-23(20-5-3-4-6-22(20)28(32,33)34)35-12-21(24)26(38-25)36-19-9-7-18(8-10-19)27(29,30)31/h3-12,16-17H,13-15H2,1-2H3,(H,36,37,38). The number of aromatic nitrogens is 3. The molecule has 2 aromatic carbocycles.